The van der Waals surface area contributed by atoms with Gasteiger partial charge in [0.1, 0.15) is 0 Å². The topological polar surface area (TPSA) is 90.2 Å². The number of unbranched alkanes of at least 4 members (excludes halogenated alkanes) is 2. The number of carbonyl (C=O) groups is 1. The predicted octanol–water partition coefficient (Wildman–Crippen LogP) is -0.882. The largest absolute Gasteiger partial charge is 0.466 e. The fourth-order valence-corrected chi connectivity index (χ4v) is 2.25. The monoisotopic (exact) mass is 261 g/mol. The van der Waals surface area contributed by atoms with Crippen LogP contribution in [0.25, 0.3) is 0 Å². The number of rotatable bonds is 7. The van der Waals surface area contributed by atoms with Crippen LogP contribution in [0.2, 0.25) is 0 Å². The maximum Gasteiger partial charge on any atom is 0.302 e. The van der Waals surface area contributed by atoms with Gasteiger partial charge < -0.3 is 20.1 Å². The Morgan fingerprint density at radius 1 is 1.33 bits per heavy atom. The van der Waals surface area contributed by atoms with Crippen molar-refractivity contribution in [3.05, 3.63) is 0 Å². The van der Waals surface area contributed by atoms with Gasteiger partial charge in [-0.1, -0.05) is 0 Å². The minimum absolute atomic E-state index is 0.147. The van der Waals surface area contributed by atoms with Crippen LogP contribution in [0.1, 0.15) is 26.2 Å². The highest BCUT2D eigenvalue weighted by Crippen LogP contribution is 2.18. The number of carbonyl (C=O) groups excluding carboxylic acids is 1. The van der Waals surface area contributed by atoms with Crippen LogP contribution in [0, 0.1) is 0 Å². The molecule has 6 heteroatoms. The lowest BCUT2D eigenvalue weighted by Gasteiger charge is -2.23. The molecule has 0 radical (unpaired) electrons. The van der Waals surface area contributed by atoms with Crippen LogP contribution in [0.4, 0.5) is 0 Å². The summed E-state index contributed by atoms with van der Waals surface area (Å²) in [7, 11) is 0. The maximum atomic E-state index is 10.5. The summed E-state index contributed by atoms with van der Waals surface area (Å²) in [5.41, 5.74) is 0. The van der Waals surface area contributed by atoms with Crippen LogP contribution in [-0.2, 0) is 9.53 Å². The zero-order chi connectivity index (χ0) is 13.5. The Hall–Kier alpha value is -0.690. The molecule has 0 aromatic rings. The summed E-state index contributed by atoms with van der Waals surface area (Å²) in [6.45, 7) is 2.80. The Bertz CT molecular complexity index is 261. The van der Waals surface area contributed by atoms with Gasteiger partial charge in [0.05, 0.1) is 31.5 Å². The van der Waals surface area contributed by atoms with Crippen LogP contribution in [0.15, 0.2) is 0 Å². The van der Waals surface area contributed by atoms with Crippen molar-refractivity contribution in [1.29, 1.82) is 0 Å². The number of hydrogen-bond donors (Lipinski definition) is 3. The number of hydrogen-bond acceptors (Lipinski definition) is 6. The van der Waals surface area contributed by atoms with Crippen LogP contribution in [-0.4, -0.2) is 70.7 Å². The van der Waals surface area contributed by atoms with E-state index in [1.807, 2.05) is 4.90 Å². The molecule has 1 heterocycles. The summed E-state index contributed by atoms with van der Waals surface area (Å²) in [5, 5.41) is 28.3. The molecule has 0 spiro atoms. The summed E-state index contributed by atoms with van der Waals surface area (Å²) < 4.78 is 4.82. The van der Waals surface area contributed by atoms with Crippen molar-refractivity contribution in [2.24, 2.45) is 0 Å². The third kappa shape index (κ3) is 4.53. The van der Waals surface area contributed by atoms with Gasteiger partial charge in [0.25, 0.3) is 0 Å². The first-order chi connectivity index (χ1) is 8.56. The molecule has 3 atom stereocenters. The maximum absolute atomic E-state index is 10.5. The molecule has 18 heavy (non-hydrogen) atoms. The first kappa shape index (κ1) is 15.4. The van der Waals surface area contributed by atoms with E-state index in [2.05, 4.69) is 0 Å². The molecule has 1 fully saturated rings. The average molecular weight is 261 g/mol. The van der Waals surface area contributed by atoms with E-state index >= 15 is 0 Å². The molecule has 0 amide bonds. The second-order valence-corrected chi connectivity index (χ2v) is 4.70. The van der Waals surface area contributed by atoms with Crippen LogP contribution >= 0.6 is 0 Å². The summed E-state index contributed by atoms with van der Waals surface area (Å²) >= 11 is 0. The third-order valence-electron chi connectivity index (χ3n) is 3.26. The molecule has 106 valence electrons. The van der Waals surface area contributed by atoms with E-state index in [-0.39, 0.29) is 18.6 Å². The molecule has 1 saturated heterocycles. The SMILES string of the molecule is CC(=O)OCCCCCN1C[C@H](O)[C@@H](O)[C@@H]1CO. The summed E-state index contributed by atoms with van der Waals surface area (Å²) in [6, 6.07) is -0.367. The number of aliphatic hydroxyl groups is 3. The van der Waals surface area contributed by atoms with E-state index in [9.17, 15) is 15.0 Å². The molecule has 0 bridgehead atoms. The number of likely N-dealkylation sites (tertiary alicyclic amines) is 1. The zero-order valence-corrected chi connectivity index (χ0v) is 10.8. The van der Waals surface area contributed by atoms with Gasteiger partial charge in [-0.3, -0.25) is 9.69 Å². The summed E-state index contributed by atoms with van der Waals surface area (Å²) in [4.78, 5) is 12.4. The van der Waals surface area contributed by atoms with Crippen LogP contribution in [0.5, 0.6) is 0 Å². The molecule has 1 aliphatic heterocycles. The molecule has 3 N–H and O–H groups in total. The van der Waals surface area contributed by atoms with Crippen LogP contribution < -0.4 is 0 Å². The van der Waals surface area contributed by atoms with E-state index in [0.717, 1.165) is 25.8 Å². The lowest BCUT2D eigenvalue weighted by atomic mass is 10.1. The number of ether oxygens (including phenoxy) is 1. The highest BCUT2D eigenvalue weighted by molar-refractivity contribution is 5.65. The van der Waals surface area contributed by atoms with E-state index in [1.165, 1.54) is 6.92 Å². The number of nitrogens with zero attached hydrogens (tertiary/aromatic N) is 1. The van der Waals surface area contributed by atoms with Crippen molar-refractivity contribution in [2.45, 2.75) is 44.4 Å². The molecule has 1 aliphatic rings. The molecule has 0 saturated carbocycles. The second kappa shape index (κ2) is 7.68. The average Bonchev–Trinajstić information content (AvgIpc) is 2.59. The van der Waals surface area contributed by atoms with Crippen molar-refractivity contribution in [2.75, 3.05) is 26.3 Å². The first-order valence-electron chi connectivity index (χ1n) is 6.40. The molecule has 1 rings (SSSR count). The van der Waals surface area contributed by atoms with Gasteiger partial charge in [-0.25, -0.2) is 0 Å². The molecule has 0 aliphatic carbocycles. The minimum atomic E-state index is -0.865. The smallest absolute Gasteiger partial charge is 0.302 e. The molecular formula is C12H23NO5. The summed E-state index contributed by atoms with van der Waals surface area (Å²) in [5.74, 6) is -0.263. The Morgan fingerprint density at radius 3 is 2.67 bits per heavy atom. The van der Waals surface area contributed by atoms with Gasteiger partial charge >= 0.3 is 5.97 Å². The minimum Gasteiger partial charge on any atom is -0.466 e. The fourth-order valence-electron chi connectivity index (χ4n) is 2.25. The number of esters is 1. The standard InChI is InChI=1S/C12H23NO5/c1-9(15)18-6-4-2-3-5-13-7-11(16)12(17)10(13)8-14/h10-12,14,16-17H,2-8H2,1H3/t10-,11-,12-/m0/s1. The molecular weight excluding hydrogens is 238 g/mol. The zero-order valence-electron chi connectivity index (χ0n) is 10.8. The lowest BCUT2D eigenvalue weighted by Crippen LogP contribution is -2.39. The van der Waals surface area contributed by atoms with Crippen molar-refractivity contribution < 1.29 is 24.9 Å². The van der Waals surface area contributed by atoms with Gasteiger partial charge in [0.15, 0.2) is 0 Å². The normalized spacial score (nSPS) is 28.6. The van der Waals surface area contributed by atoms with Crippen molar-refractivity contribution >= 4 is 5.97 Å². The third-order valence-corrected chi connectivity index (χ3v) is 3.26. The molecule has 0 aromatic carbocycles. The second-order valence-electron chi connectivity index (χ2n) is 4.70. The Labute approximate surface area is 107 Å². The number of β-amino-alcohol motifs (C(OH)–C–C–N with tert-alkyl or cyclic N) is 1. The Morgan fingerprint density at radius 2 is 2.06 bits per heavy atom. The summed E-state index contributed by atoms with van der Waals surface area (Å²) in [6.07, 6.45) is 0.965. The predicted molar refractivity (Wildman–Crippen MR) is 64.9 cm³/mol. The Balaban J connectivity index is 2.13. The molecule has 6 nitrogen and oxygen atoms in total. The highest BCUT2D eigenvalue weighted by atomic mass is 16.5. The van der Waals surface area contributed by atoms with Gasteiger partial charge in [-0.05, 0) is 25.8 Å². The quantitative estimate of drug-likeness (QED) is 0.407. The van der Waals surface area contributed by atoms with E-state index in [1.54, 1.807) is 0 Å². The van der Waals surface area contributed by atoms with Gasteiger partial charge in [0, 0.05) is 13.5 Å². The van der Waals surface area contributed by atoms with Crippen molar-refractivity contribution in [3.8, 4) is 0 Å². The van der Waals surface area contributed by atoms with Crippen LogP contribution in [0.3, 0.4) is 0 Å². The fraction of sp³-hybridized carbons (Fsp3) is 0.917. The first-order valence-corrected chi connectivity index (χ1v) is 6.40. The Kier molecular flexibility index (Phi) is 6.56. The van der Waals surface area contributed by atoms with Gasteiger partial charge in [0.2, 0.25) is 0 Å². The highest BCUT2D eigenvalue weighted by Gasteiger charge is 2.38. The van der Waals surface area contributed by atoms with E-state index in [0.29, 0.717) is 13.2 Å². The molecule has 0 aromatic heterocycles. The van der Waals surface area contributed by atoms with Crippen molar-refractivity contribution in [3.63, 3.8) is 0 Å². The van der Waals surface area contributed by atoms with E-state index in [4.69, 9.17) is 9.84 Å². The van der Waals surface area contributed by atoms with Gasteiger partial charge in [-0.2, -0.15) is 0 Å². The van der Waals surface area contributed by atoms with Gasteiger partial charge in [-0.15, -0.1) is 0 Å². The van der Waals surface area contributed by atoms with Crippen molar-refractivity contribution in [1.82, 2.24) is 4.90 Å². The number of aliphatic hydroxyl groups excluding tert-OH is 3. The van der Waals surface area contributed by atoms with E-state index < -0.39 is 12.2 Å². The molecule has 0 unspecified atom stereocenters. The lowest BCUT2D eigenvalue weighted by molar-refractivity contribution is -0.141.